The molecule has 5 rings (SSSR count). The molecule has 1 aliphatic heterocycles. The highest BCUT2D eigenvalue weighted by Crippen LogP contribution is 2.28. The summed E-state index contributed by atoms with van der Waals surface area (Å²) in [5.41, 5.74) is 4.42. The van der Waals surface area contributed by atoms with Gasteiger partial charge in [-0.15, -0.1) is 12.4 Å². The summed E-state index contributed by atoms with van der Waals surface area (Å²) in [4.78, 5) is 41.4. The molecule has 5 nitrogen and oxygen atoms in total. The molecule has 0 fully saturated rings. The fraction of sp³-hybridized carbons (Fsp3) is 0.233. The van der Waals surface area contributed by atoms with E-state index in [9.17, 15) is 14.4 Å². The third-order valence-corrected chi connectivity index (χ3v) is 6.87. The minimum Gasteiger partial charge on any atom is -0.336 e. The number of fused-ring (bicyclic) bond motifs is 2. The first-order chi connectivity index (χ1) is 17.1. The number of halogens is 1. The highest BCUT2D eigenvalue weighted by Gasteiger charge is 2.30. The van der Waals surface area contributed by atoms with E-state index >= 15 is 0 Å². The summed E-state index contributed by atoms with van der Waals surface area (Å²) >= 11 is 0. The molecule has 1 amide bonds. The van der Waals surface area contributed by atoms with Crippen LogP contribution in [0.1, 0.15) is 74.0 Å². The van der Waals surface area contributed by atoms with E-state index in [1.165, 1.54) is 11.1 Å². The van der Waals surface area contributed by atoms with Gasteiger partial charge in [0, 0.05) is 40.9 Å². The summed E-state index contributed by atoms with van der Waals surface area (Å²) in [7, 11) is 0. The minimum absolute atomic E-state index is 0. The van der Waals surface area contributed by atoms with E-state index in [-0.39, 0.29) is 36.0 Å². The quantitative estimate of drug-likeness (QED) is 0.378. The van der Waals surface area contributed by atoms with Crippen LogP contribution in [0.15, 0.2) is 78.9 Å². The molecule has 1 aliphatic carbocycles. The van der Waals surface area contributed by atoms with E-state index < -0.39 is 0 Å². The van der Waals surface area contributed by atoms with Crippen LogP contribution in [0.2, 0.25) is 0 Å². The molecule has 1 atom stereocenters. The lowest BCUT2D eigenvalue weighted by Crippen LogP contribution is -2.49. The number of benzene rings is 3. The molecule has 1 heterocycles. The number of rotatable bonds is 6. The van der Waals surface area contributed by atoms with Crippen molar-refractivity contribution >= 4 is 35.5 Å². The molecule has 0 saturated carbocycles. The molecular weight excluding hydrogens is 472 g/mol. The van der Waals surface area contributed by atoms with Crippen LogP contribution in [-0.2, 0) is 0 Å². The van der Waals surface area contributed by atoms with E-state index in [2.05, 4.69) is 47.5 Å². The van der Waals surface area contributed by atoms with Crippen LogP contribution in [0, 0.1) is 0 Å². The second kappa shape index (κ2) is 11.0. The Balaban J connectivity index is 0.00000304. The summed E-state index contributed by atoms with van der Waals surface area (Å²) in [6.07, 6.45) is 4.83. The van der Waals surface area contributed by atoms with Crippen LogP contribution in [-0.4, -0.2) is 41.6 Å². The highest BCUT2D eigenvalue weighted by atomic mass is 35.5. The standard InChI is InChI=1S/C30H28N2O3.ClH/c1-2-8-27(32-17-15-21(16-18-32)20-9-4-3-5-10-20)31-30(35)22-13-14-25-26(19-22)29(34)24-12-7-6-11-23(24)28(25)33;/h3-7,9-15,19,27H,2,8,16-18H2,1H3,(H,31,35);1H. The number of ketones is 2. The number of hydrogen-bond acceptors (Lipinski definition) is 4. The van der Waals surface area contributed by atoms with Crippen LogP contribution in [0.3, 0.4) is 0 Å². The molecule has 184 valence electrons. The van der Waals surface area contributed by atoms with Gasteiger partial charge in [0.05, 0.1) is 6.17 Å². The van der Waals surface area contributed by atoms with E-state index in [1.54, 1.807) is 42.5 Å². The maximum atomic E-state index is 13.2. The zero-order valence-electron chi connectivity index (χ0n) is 20.2. The van der Waals surface area contributed by atoms with Crippen molar-refractivity contribution in [2.45, 2.75) is 32.4 Å². The topological polar surface area (TPSA) is 66.5 Å². The third kappa shape index (κ3) is 4.90. The Morgan fingerprint density at radius 2 is 1.53 bits per heavy atom. The summed E-state index contributed by atoms with van der Waals surface area (Å²) in [6.45, 7) is 3.73. The summed E-state index contributed by atoms with van der Waals surface area (Å²) in [5.74, 6) is -0.631. The zero-order chi connectivity index (χ0) is 24.4. The molecule has 0 spiro atoms. The number of nitrogens with zero attached hydrogens (tertiary/aromatic N) is 1. The molecule has 36 heavy (non-hydrogen) atoms. The smallest absolute Gasteiger partial charge is 0.252 e. The maximum Gasteiger partial charge on any atom is 0.252 e. The van der Waals surface area contributed by atoms with E-state index in [0.29, 0.717) is 27.8 Å². The molecule has 2 aliphatic rings. The normalized spacial score (nSPS) is 15.8. The van der Waals surface area contributed by atoms with Crippen molar-refractivity contribution in [2.75, 3.05) is 13.1 Å². The number of carbonyl (C=O) groups is 3. The SMILES string of the molecule is CCCC(NC(=O)c1ccc2c(c1)C(=O)c1ccccc1C2=O)N1CC=C(c2ccccc2)CC1.Cl. The predicted octanol–water partition coefficient (Wildman–Crippen LogP) is 5.53. The van der Waals surface area contributed by atoms with Gasteiger partial charge in [-0.25, -0.2) is 0 Å². The van der Waals surface area contributed by atoms with E-state index in [0.717, 1.165) is 32.4 Å². The lowest BCUT2D eigenvalue weighted by molar-refractivity contribution is 0.0848. The fourth-order valence-electron chi connectivity index (χ4n) is 4.98. The van der Waals surface area contributed by atoms with Crippen molar-refractivity contribution in [2.24, 2.45) is 0 Å². The van der Waals surface area contributed by atoms with Gasteiger partial charge < -0.3 is 5.32 Å². The van der Waals surface area contributed by atoms with Gasteiger partial charge in [0.1, 0.15) is 0 Å². The first-order valence-electron chi connectivity index (χ1n) is 12.2. The Morgan fingerprint density at radius 1 is 0.889 bits per heavy atom. The molecule has 0 saturated heterocycles. The van der Waals surface area contributed by atoms with Crippen molar-refractivity contribution < 1.29 is 14.4 Å². The average Bonchev–Trinajstić information content (AvgIpc) is 2.92. The maximum absolute atomic E-state index is 13.2. The lowest BCUT2D eigenvalue weighted by Gasteiger charge is -2.34. The summed E-state index contributed by atoms with van der Waals surface area (Å²) < 4.78 is 0. The summed E-state index contributed by atoms with van der Waals surface area (Å²) in [6, 6.07) is 22.0. The number of carbonyl (C=O) groups excluding carboxylic acids is 3. The monoisotopic (exact) mass is 500 g/mol. The van der Waals surface area contributed by atoms with Gasteiger partial charge in [-0.2, -0.15) is 0 Å². The molecule has 3 aromatic rings. The van der Waals surface area contributed by atoms with Crippen LogP contribution < -0.4 is 5.32 Å². The van der Waals surface area contributed by atoms with Gasteiger partial charge in [0.2, 0.25) is 0 Å². The number of hydrogen-bond donors (Lipinski definition) is 1. The van der Waals surface area contributed by atoms with Crippen LogP contribution in [0.4, 0.5) is 0 Å². The van der Waals surface area contributed by atoms with Crippen LogP contribution in [0.5, 0.6) is 0 Å². The molecular formula is C30H29ClN2O3. The number of nitrogens with one attached hydrogen (secondary N) is 1. The van der Waals surface area contributed by atoms with Crippen LogP contribution >= 0.6 is 12.4 Å². The van der Waals surface area contributed by atoms with E-state index in [1.807, 2.05) is 6.07 Å². The molecule has 6 heteroatoms. The fourth-order valence-corrected chi connectivity index (χ4v) is 4.98. The van der Waals surface area contributed by atoms with Gasteiger partial charge in [-0.3, -0.25) is 19.3 Å². The Labute approximate surface area is 217 Å². The second-order valence-electron chi connectivity index (χ2n) is 9.08. The first kappa shape index (κ1) is 25.5. The van der Waals surface area contributed by atoms with Crippen molar-refractivity contribution in [3.05, 3.63) is 112 Å². The molecule has 3 aromatic carbocycles. The van der Waals surface area contributed by atoms with Gasteiger partial charge in [0.25, 0.3) is 5.91 Å². The Hall–Kier alpha value is -3.54. The highest BCUT2D eigenvalue weighted by molar-refractivity contribution is 6.28. The van der Waals surface area contributed by atoms with Gasteiger partial charge >= 0.3 is 0 Å². The van der Waals surface area contributed by atoms with Crippen molar-refractivity contribution in [3.8, 4) is 0 Å². The predicted molar refractivity (Wildman–Crippen MR) is 144 cm³/mol. The Kier molecular flexibility index (Phi) is 7.82. The van der Waals surface area contributed by atoms with E-state index in [4.69, 9.17) is 0 Å². The van der Waals surface area contributed by atoms with Gasteiger partial charge in [-0.05, 0) is 42.2 Å². The molecule has 1 unspecified atom stereocenters. The average molecular weight is 501 g/mol. The molecule has 0 aromatic heterocycles. The lowest BCUT2D eigenvalue weighted by atomic mass is 9.83. The zero-order valence-corrected chi connectivity index (χ0v) is 21.0. The molecule has 1 N–H and O–H groups in total. The molecule has 0 bridgehead atoms. The largest absolute Gasteiger partial charge is 0.336 e. The van der Waals surface area contributed by atoms with Crippen molar-refractivity contribution in [1.29, 1.82) is 0 Å². The third-order valence-electron chi connectivity index (χ3n) is 6.87. The second-order valence-corrected chi connectivity index (χ2v) is 9.08. The van der Waals surface area contributed by atoms with Crippen LogP contribution in [0.25, 0.3) is 5.57 Å². The van der Waals surface area contributed by atoms with Crippen molar-refractivity contribution in [1.82, 2.24) is 10.2 Å². The summed E-state index contributed by atoms with van der Waals surface area (Å²) in [5, 5.41) is 3.17. The van der Waals surface area contributed by atoms with Gasteiger partial charge in [0.15, 0.2) is 11.6 Å². The number of amides is 1. The Morgan fingerprint density at radius 3 is 2.17 bits per heavy atom. The van der Waals surface area contributed by atoms with Crippen molar-refractivity contribution in [3.63, 3.8) is 0 Å². The molecule has 0 radical (unpaired) electrons. The first-order valence-corrected chi connectivity index (χ1v) is 12.2. The van der Waals surface area contributed by atoms with Gasteiger partial charge in [-0.1, -0.05) is 74.0 Å². The minimum atomic E-state index is -0.233. The Bertz CT molecular complexity index is 1330.